The summed E-state index contributed by atoms with van der Waals surface area (Å²) in [7, 11) is 0. The fourth-order valence-electron chi connectivity index (χ4n) is 1.86. The van der Waals surface area contributed by atoms with Crippen LogP contribution in [-0.4, -0.2) is 21.0 Å². The van der Waals surface area contributed by atoms with Gasteiger partial charge in [0.25, 0.3) is 0 Å². The largest absolute Gasteiger partial charge is 0.325 e. The highest BCUT2D eigenvalue weighted by atomic mass is 32.2. The van der Waals surface area contributed by atoms with Crippen molar-refractivity contribution in [1.29, 1.82) is 0 Å². The van der Waals surface area contributed by atoms with E-state index in [0.717, 1.165) is 9.90 Å². The molecule has 7 heteroatoms. The lowest BCUT2D eigenvalue weighted by Gasteiger charge is -2.03. The number of halogens is 1. The first-order chi connectivity index (χ1) is 11.2. The Morgan fingerprint density at radius 2 is 2.00 bits per heavy atom. The van der Waals surface area contributed by atoms with Gasteiger partial charge in [0, 0.05) is 11.3 Å². The Hall–Kier alpha value is -2.25. The Morgan fingerprint density at radius 3 is 2.78 bits per heavy atom. The van der Waals surface area contributed by atoms with E-state index in [1.807, 2.05) is 30.3 Å². The molecular weight excluding hydrogens is 333 g/mol. The van der Waals surface area contributed by atoms with Crippen LogP contribution in [0.4, 0.5) is 10.1 Å². The lowest BCUT2D eigenvalue weighted by atomic mass is 10.2. The average Bonchev–Trinajstić information content (AvgIpc) is 3.03. The van der Waals surface area contributed by atoms with Gasteiger partial charge >= 0.3 is 0 Å². The zero-order chi connectivity index (χ0) is 16.1. The number of amides is 1. The van der Waals surface area contributed by atoms with Crippen LogP contribution in [0.25, 0.3) is 11.4 Å². The highest BCUT2D eigenvalue weighted by Gasteiger charge is 2.09. The molecule has 0 aliphatic heterocycles. The van der Waals surface area contributed by atoms with Crippen LogP contribution < -0.4 is 5.32 Å². The summed E-state index contributed by atoms with van der Waals surface area (Å²) in [5.74, 6) is 0.257. The minimum absolute atomic E-state index is 0.194. The highest BCUT2D eigenvalue weighted by Crippen LogP contribution is 2.25. The zero-order valence-corrected chi connectivity index (χ0v) is 13.5. The topological polar surface area (TPSA) is 54.9 Å². The van der Waals surface area contributed by atoms with Gasteiger partial charge in [0.15, 0.2) is 10.2 Å². The quantitative estimate of drug-likeness (QED) is 0.708. The predicted octanol–water partition coefficient (Wildman–Crippen LogP) is 4.08. The Labute approximate surface area is 140 Å². The number of hydrogen-bond donors (Lipinski definition) is 1. The van der Waals surface area contributed by atoms with Gasteiger partial charge in [0.1, 0.15) is 5.82 Å². The standard InChI is InChI=1S/C16H12FN3OS2/c17-12-7-4-8-13(9-12)18-14(21)10-22-16-19-15(20-23-16)11-5-2-1-3-6-11/h1-9H,10H2,(H,18,21). The third-order valence-electron chi connectivity index (χ3n) is 2.87. The summed E-state index contributed by atoms with van der Waals surface area (Å²) in [6.07, 6.45) is 0. The molecule has 0 saturated carbocycles. The van der Waals surface area contributed by atoms with Gasteiger partial charge < -0.3 is 5.32 Å². The summed E-state index contributed by atoms with van der Waals surface area (Å²) in [6.45, 7) is 0. The van der Waals surface area contributed by atoms with Crippen LogP contribution in [0.5, 0.6) is 0 Å². The summed E-state index contributed by atoms with van der Waals surface area (Å²) in [5, 5.41) is 2.65. The van der Waals surface area contributed by atoms with Gasteiger partial charge in [-0.15, -0.1) is 0 Å². The van der Waals surface area contributed by atoms with Crippen molar-refractivity contribution >= 4 is 34.9 Å². The molecule has 1 heterocycles. The van der Waals surface area contributed by atoms with Gasteiger partial charge in [-0.2, -0.15) is 4.37 Å². The van der Waals surface area contributed by atoms with Crippen molar-refractivity contribution in [3.8, 4) is 11.4 Å². The normalized spacial score (nSPS) is 10.5. The van der Waals surface area contributed by atoms with Crippen LogP contribution in [0.15, 0.2) is 58.9 Å². The van der Waals surface area contributed by atoms with Crippen LogP contribution in [0.3, 0.4) is 0 Å². The van der Waals surface area contributed by atoms with Gasteiger partial charge in [-0.05, 0) is 29.7 Å². The molecule has 0 radical (unpaired) electrons. The van der Waals surface area contributed by atoms with Crippen molar-refractivity contribution in [2.24, 2.45) is 0 Å². The first-order valence-electron chi connectivity index (χ1n) is 6.78. The van der Waals surface area contributed by atoms with Crippen LogP contribution >= 0.6 is 23.3 Å². The van der Waals surface area contributed by atoms with Crippen LogP contribution in [0.2, 0.25) is 0 Å². The van der Waals surface area contributed by atoms with E-state index in [-0.39, 0.29) is 17.5 Å². The second-order valence-corrected chi connectivity index (χ2v) is 6.57. The number of benzene rings is 2. The summed E-state index contributed by atoms with van der Waals surface area (Å²) in [5.41, 5.74) is 1.39. The molecule has 3 aromatic rings. The minimum Gasteiger partial charge on any atom is -0.325 e. The molecule has 0 saturated heterocycles. The van der Waals surface area contributed by atoms with E-state index < -0.39 is 0 Å². The maximum absolute atomic E-state index is 13.1. The van der Waals surface area contributed by atoms with Gasteiger partial charge in [0.2, 0.25) is 5.91 Å². The fraction of sp³-hybridized carbons (Fsp3) is 0.0625. The molecule has 1 aromatic heterocycles. The summed E-state index contributed by atoms with van der Waals surface area (Å²) >= 11 is 2.56. The highest BCUT2D eigenvalue weighted by molar-refractivity contribution is 8.01. The van der Waals surface area contributed by atoms with E-state index in [1.165, 1.54) is 35.4 Å². The number of carbonyl (C=O) groups is 1. The summed E-state index contributed by atoms with van der Waals surface area (Å²) < 4.78 is 18.1. The molecule has 0 spiro atoms. The average molecular weight is 345 g/mol. The molecule has 0 bridgehead atoms. The molecule has 0 fully saturated rings. The third-order valence-corrected chi connectivity index (χ3v) is 4.71. The number of carbonyl (C=O) groups excluding carboxylic acids is 1. The molecule has 1 N–H and O–H groups in total. The summed E-state index contributed by atoms with van der Waals surface area (Å²) in [6, 6.07) is 15.5. The molecule has 3 rings (SSSR count). The number of nitrogens with one attached hydrogen (secondary N) is 1. The molecule has 1 amide bonds. The van der Waals surface area contributed by atoms with E-state index in [0.29, 0.717) is 11.5 Å². The molecule has 0 atom stereocenters. The van der Waals surface area contributed by atoms with Crippen LogP contribution in [0, 0.1) is 5.82 Å². The Morgan fingerprint density at radius 1 is 1.17 bits per heavy atom. The van der Waals surface area contributed by atoms with E-state index >= 15 is 0 Å². The second-order valence-electron chi connectivity index (χ2n) is 4.60. The van der Waals surface area contributed by atoms with Gasteiger partial charge in [-0.3, -0.25) is 4.79 Å². The molecule has 0 aliphatic carbocycles. The fourth-order valence-corrected chi connectivity index (χ4v) is 3.28. The van der Waals surface area contributed by atoms with Crippen LogP contribution in [-0.2, 0) is 4.79 Å². The number of rotatable bonds is 5. The first kappa shape index (κ1) is 15.6. The number of nitrogens with zero attached hydrogens (tertiary/aromatic N) is 2. The lowest BCUT2D eigenvalue weighted by Crippen LogP contribution is -2.13. The van der Waals surface area contributed by atoms with Crippen LogP contribution in [0.1, 0.15) is 0 Å². The zero-order valence-electron chi connectivity index (χ0n) is 11.9. The van der Waals surface area contributed by atoms with Crippen molar-refractivity contribution in [3.63, 3.8) is 0 Å². The third kappa shape index (κ3) is 4.37. The molecule has 2 aromatic carbocycles. The van der Waals surface area contributed by atoms with E-state index in [1.54, 1.807) is 12.1 Å². The lowest BCUT2D eigenvalue weighted by molar-refractivity contribution is -0.113. The Kier molecular flexibility index (Phi) is 4.99. The SMILES string of the molecule is O=C(CSc1nc(-c2ccccc2)ns1)Nc1cccc(F)c1. The minimum atomic E-state index is -0.382. The maximum Gasteiger partial charge on any atom is 0.234 e. The van der Waals surface area contributed by atoms with E-state index in [9.17, 15) is 9.18 Å². The molecule has 4 nitrogen and oxygen atoms in total. The molecular formula is C16H12FN3OS2. The predicted molar refractivity (Wildman–Crippen MR) is 91.1 cm³/mol. The number of anilines is 1. The van der Waals surface area contributed by atoms with Crippen molar-refractivity contribution in [1.82, 2.24) is 9.36 Å². The van der Waals surface area contributed by atoms with Gasteiger partial charge in [0.05, 0.1) is 5.75 Å². The smallest absolute Gasteiger partial charge is 0.234 e. The van der Waals surface area contributed by atoms with Gasteiger partial charge in [-0.1, -0.05) is 48.2 Å². The molecule has 116 valence electrons. The number of hydrogen-bond acceptors (Lipinski definition) is 5. The van der Waals surface area contributed by atoms with Crippen molar-refractivity contribution in [3.05, 3.63) is 60.4 Å². The molecule has 23 heavy (non-hydrogen) atoms. The van der Waals surface area contributed by atoms with E-state index in [2.05, 4.69) is 14.7 Å². The van der Waals surface area contributed by atoms with Crippen molar-refractivity contribution in [2.45, 2.75) is 4.34 Å². The molecule has 0 unspecified atom stereocenters. The van der Waals surface area contributed by atoms with Crippen molar-refractivity contribution < 1.29 is 9.18 Å². The molecule has 0 aliphatic rings. The monoisotopic (exact) mass is 345 g/mol. The first-order valence-corrected chi connectivity index (χ1v) is 8.54. The van der Waals surface area contributed by atoms with Gasteiger partial charge in [-0.25, -0.2) is 9.37 Å². The van der Waals surface area contributed by atoms with E-state index in [4.69, 9.17) is 0 Å². The number of aromatic nitrogens is 2. The van der Waals surface area contributed by atoms with Crippen molar-refractivity contribution in [2.75, 3.05) is 11.1 Å². The summed E-state index contributed by atoms with van der Waals surface area (Å²) in [4.78, 5) is 16.3. The Bertz CT molecular complexity index is 808. The second kappa shape index (κ2) is 7.34. The maximum atomic E-state index is 13.1. The number of thioether (sulfide) groups is 1. The Balaban J connectivity index is 1.56.